The van der Waals surface area contributed by atoms with Crippen molar-refractivity contribution in [2.75, 3.05) is 0 Å². The van der Waals surface area contributed by atoms with Crippen LogP contribution in [0.15, 0.2) is 0 Å². The van der Waals surface area contributed by atoms with Gasteiger partial charge in [-0.2, -0.15) is 0 Å². The van der Waals surface area contributed by atoms with Gasteiger partial charge in [-0.15, -0.1) is 0 Å². The van der Waals surface area contributed by atoms with Crippen LogP contribution < -0.4 is 0 Å². The predicted octanol–water partition coefficient (Wildman–Crippen LogP) is -1.37. The molecule has 0 N–H and O–H groups in total. The summed E-state index contributed by atoms with van der Waals surface area (Å²) in [6, 6.07) is 0. The molecule has 0 fully saturated rings. The van der Waals surface area contributed by atoms with Crippen molar-refractivity contribution in [3.63, 3.8) is 0 Å². The first-order valence-corrected chi connectivity index (χ1v) is 0. The van der Waals surface area contributed by atoms with Gasteiger partial charge in [0.05, 0.1) is 0 Å². The molecule has 0 aliphatic carbocycles. The van der Waals surface area contributed by atoms with Crippen LogP contribution in [0.5, 0.6) is 0 Å². The van der Waals surface area contributed by atoms with Gasteiger partial charge in [0, 0.05) is 42.1 Å². The molecule has 11 heavy (non-hydrogen) atoms. The Morgan fingerprint density at radius 1 is 0.364 bits per heavy atom. The second-order valence-corrected chi connectivity index (χ2v) is 0. The van der Waals surface area contributed by atoms with E-state index >= 15 is 0 Å². The van der Waals surface area contributed by atoms with Crippen LogP contribution >= 0.6 is 0 Å². The van der Waals surface area contributed by atoms with Crippen LogP contribution in [0, 0.1) is 0 Å². The number of rotatable bonds is 0. The summed E-state index contributed by atoms with van der Waals surface area (Å²) in [7, 11) is 0. The Bertz CT molecular complexity index is 20.4. The van der Waals surface area contributed by atoms with E-state index in [0.717, 1.165) is 0 Å². The first kappa shape index (κ1) is 211. The molecule has 0 rings (SSSR count). The molecular weight excluding hydrogens is 737 g/mol. The van der Waals surface area contributed by atoms with Crippen molar-refractivity contribution in [2.24, 2.45) is 0 Å². The van der Waals surface area contributed by atoms with E-state index in [1.165, 1.54) is 0 Å². The molecule has 0 aromatic heterocycles. The van der Waals surface area contributed by atoms with E-state index in [-0.39, 0.29) is 145 Å². The van der Waals surface area contributed by atoms with Crippen LogP contribution in [0.1, 0.15) is 0 Å². The van der Waals surface area contributed by atoms with Crippen LogP contribution in [0.4, 0.5) is 0 Å². The van der Waals surface area contributed by atoms with Gasteiger partial charge in [0.1, 0.15) is 0 Å². The Balaban J connectivity index is 0. The van der Waals surface area contributed by atoms with Crippen molar-refractivity contribution in [3.05, 3.63) is 0 Å². The van der Waals surface area contributed by atoms with Gasteiger partial charge in [0.25, 0.3) is 0 Å². The van der Waals surface area contributed by atoms with E-state index < -0.39 is 0 Å². The minimum atomic E-state index is 0. The minimum absolute atomic E-state index is 0. The standard InChI is InChI=1S/2Al.5O.2Pd.2Pt/q2*+3;5*-2;2*+2;;. The van der Waals surface area contributed by atoms with Crippen molar-refractivity contribution >= 4 is 34.7 Å². The fourth-order valence-electron chi connectivity index (χ4n) is 0. The zero-order valence-electron chi connectivity index (χ0n) is 4.46. The Morgan fingerprint density at radius 3 is 0.364 bits per heavy atom. The van der Waals surface area contributed by atoms with E-state index in [1.54, 1.807) is 0 Å². The summed E-state index contributed by atoms with van der Waals surface area (Å²) in [4.78, 5) is 0. The van der Waals surface area contributed by atoms with Crippen molar-refractivity contribution in [1.82, 2.24) is 0 Å². The number of hydrogen-bond acceptors (Lipinski definition) is 0. The summed E-state index contributed by atoms with van der Waals surface area (Å²) in [6.07, 6.45) is 0. The molecule has 11 heteroatoms. The van der Waals surface area contributed by atoms with E-state index in [1.807, 2.05) is 0 Å². The molecule has 0 heterocycles. The van der Waals surface area contributed by atoms with Crippen LogP contribution in [0.3, 0.4) is 0 Å². The molecule has 0 aliphatic heterocycles. The minimum Gasteiger partial charge on any atom is -2.00 e. The first-order valence-electron chi connectivity index (χ1n) is 0. The van der Waals surface area contributed by atoms with Gasteiger partial charge in [0.2, 0.25) is 0 Å². The normalized spacial score (nSPS) is 0. The molecule has 0 aromatic carbocycles. The van der Waals surface area contributed by atoms with E-state index in [0.29, 0.717) is 0 Å². The van der Waals surface area contributed by atoms with E-state index in [9.17, 15) is 0 Å². The van der Waals surface area contributed by atoms with Crippen LogP contribution in [-0.4, -0.2) is 34.7 Å². The Kier molecular flexibility index (Phi) is 3230. The molecule has 0 aliphatic rings. The third kappa shape index (κ3) is 143. The third-order valence-electron chi connectivity index (χ3n) is 0. The van der Waals surface area contributed by atoms with Gasteiger partial charge in [-0.3, -0.25) is 0 Å². The number of hydrogen-bond donors (Lipinski definition) is 0. The monoisotopic (exact) mass is 736 g/mol. The third-order valence-corrected chi connectivity index (χ3v) is 0. The second-order valence-electron chi connectivity index (χ2n) is 0. The van der Waals surface area contributed by atoms with Gasteiger partial charge >= 0.3 is 75.6 Å². The fraction of sp³-hybridized carbons (Fsp3) is 0. The van der Waals surface area contributed by atoms with E-state index in [4.69, 9.17) is 0 Å². The molecule has 0 radical (unpaired) electrons. The summed E-state index contributed by atoms with van der Waals surface area (Å²) < 4.78 is 0. The topological polar surface area (TPSA) is 142 Å². The Hall–Kier alpha value is 3.57. The molecule has 76 valence electrons. The zero-order valence-corrected chi connectivity index (χ0v) is 14.4. The zero-order chi connectivity index (χ0) is 0. The van der Waals surface area contributed by atoms with Crippen molar-refractivity contribution in [1.29, 1.82) is 0 Å². The maximum absolute atomic E-state index is 0. The van der Waals surface area contributed by atoms with Crippen molar-refractivity contribution in [3.8, 4) is 0 Å². The maximum atomic E-state index is 0. The van der Waals surface area contributed by atoms with Crippen molar-refractivity contribution < 1.29 is 110 Å². The van der Waals surface area contributed by atoms with Gasteiger partial charge in [0.15, 0.2) is 0 Å². The SMILES string of the molecule is [Al+3].[Al+3].[O-2].[O-2].[O-2].[O-2].[O-2].[Pd+2].[Pd+2].[Pt].[Pt]. The van der Waals surface area contributed by atoms with E-state index in [2.05, 4.69) is 0 Å². The van der Waals surface area contributed by atoms with Crippen LogP contribution in [-0.2, 0) is 110 Å². The second kappa shape index (κ2) is 168. The predicted molar refractivity (Wildman–Crippen MR) is 14.9 cm³/mol. The summed E-state index contributed by atoms with van der Waals surface area (Å²) in [5.41, 5.74) is 0. The molecule has 0 unspecified atom stereocenters. The largest absolute Gasteiger partial charge is 3.00 e. The first-order chi connectivity index (χ1) is 0. The molecule has 0 aromatic rings. The maximum Gasteiger partial charge on any atom is 3.00 e. The molecule has 0 saturated carbocycles. The van der Waals surface area contributed by atoms with Gasteiger partial charge in [-0.05, 0) is 0 Å². The molecule has 5 nitrogen and oxygen atoms in total. The quantitative estimate of drug-likeness (QED) is 0.271. The Labute approximate surface area is 143 Å². The van der Waals surface area contributed by atoms with Crippen LogP contribution in [0.2, 0.25) is 0 Å². The molecule has 0 saturated heterocycles. The van der Waals surface area contributed by atoms with Gasteiger partial charge in [-0.25, -0.2) is 0 Å². The van der Waals surface area contributed by atoms with Gasteiger partial charge < -0.3 is 27.4 Å². The molecule has 0 bridgehead atoms. The average molecular weight is 737 g/mol. The summed E-state index contributed by atoms with van der Waals surface area (Å²) >= 11 is 0. The molecule has 0 atom stereocenters. The van der Waals surface area contributed by atoms with Crippen LogP contribution in [0.25, 0.3) is 0 Å². The molecule has 0 spiro atoms. The molecule has 0 amide bonds. The van der Waals surface area contributed by atoms with Crippen molar-refractivity contribution in [2.45, 2.75) is 0 Å². The summed E-state index contributed by atoms with van der Waals surface area (Å²) in [5.74, 6) is 0. The van der Waals surface area contributed by atoms with Gasteiger partial charge in [-0.1, -0.05) is 0 Å². The summed E-state index contributed by atoms with van der Waals surface area (Å²) in [5, 5.41) is 0. The Morgan fingerprint density at radius 2 is 0.364 bits per heavy atom. The summed E-state index contributed by atoms with van der Waals surface area (Å²) in [6.45, 7) is 0. The smallest absolute Gasteiger partial charge is 2.00 e. The fourth-order valence-corrected chi connectivity index (χ4v) is 0. The average Bonchev–Trinajstić information content (AvgIpc) is 0. The molecular formula is Al2O5Pd2Pt2.